The molecule has 21 heavy (non-hydrogen) atoms. The molecular weight excluding hydrogens is 281 g/mol. The molecule has 0 aliphatic rings. The summed E-state index contributed by atoms with van der Waals surface area (Å²) in [5.41, 5.74) is 0.601. The first kappa shape index (κ1) is 16.6. The Kier molecular flexibility index (Phi) is 5.83. The molecule has 7 heteroatoms. The molecule has 114 valence electrons. The fraction of sp³-hybridized carbons (Fsp3) is 0.357. The highest BCUT2D eigenvalue weighted by molar-refractivity contribution is 5.98. The number of rotatable bonds is 5. The third kappa shape index (κ3) is 4.55. The quantitative estimate of drug-likeness (QED) is 0.756. The molecule has 1 aromatic carbocycles. The highest BCUT2D eigenvalue weighted by Crippen LogP contribution is 2.13. The van der Waals surface area contributed by atoms with E-state index in [9.17, 15) is 18.8 Å². The predicted molar refractivity (Wildman–Crippen MR) is 71.1 cm³/mol. The van der Waals surface area contributed by atoms with E-state index in [2.05, 4.69) is 9.47 Å². The molecule has 0 saturated heterocycles. The zero-order chi connectivity index (χ0) is 16.0. The lowest BCUT2D eigenvalue weighted by Crippen LogP contribution is -2.40. The number of esters is 2. The second-order valence-electron chi connectivity index (χ2n) is 4.27. The van der Waals surface area contributed by atoms with Crippen LogP contribution in [0.5, 0.6) is 0 Å². The number of aryl methyl sites for hydroxylation is 1. The molecule has 0 aromatic heterocycles. The van der Waals surface area contributed by atoms with Crippen LogP contribution in [0, 0.1) is 12.7 Å². The third-order valence-electron chi connectivity index (χ3n) is 2.80. The maximum atomic E-state index is 13.1. The number of hydrogen-bond acceptors (Lipinski definition) is 5. The van der Waals surface area contributed by atoms with Crippen LogP contribution < -0.4 is 0 Å². The Morgan fingerprint density at radius 1 is 1.10 bits per heavy atom. The minimum absolute atomic E-state index is 0.198. The fourth-order valence-corrected chi connectivity index (χ4v) is 1.68. The number of carbonyl (C=O) groups is 3. The van der Waals surface area contributed by atoms with Gasteiger partial charge in [-0.05, 0) is 30.7 Å². The topological polar surface area (TPSA) is 72.9 Å². The van der Waals surface area contributed by atoms with E-state index in [1.165, 1.54) is 26.4 Å². The van der Waals surface area contributed by atoms with E-state index in [4.69, 9.17) is 0 Å². The summed E-state index contributed by atoms with van der Waals surface area (Å²) >= 11 is 0. The van der Waals surface area contributed by atoms with Gasteiger partial charge in [0.25, 0.3) is 5.91 Å². The molecule has 0 atom stereocenters. The molecule has 0 aliphatic heterocycles. The largest absolute Gasteiger partial charge is 0.468 e. The lowest BCUT2D eigenvalue weighted by molar-refractivity contribution is -0.144. The molecule has 0 radical (unpaired) electrons. The maximum absolute atomic E-state index is 13.1. The van der Waals surface area contributed by atoms with Crippen molar-refractivity contribution in [2.45, 2.75) is 6.92 Å². The highest BCUT2D eigenvalue weighted by Gasteiger charge is 2.23. The highest BCUT2D eigenvalue weighted by atomic mass is 19.1. The fourth-order valence-electron chi connectivity index (χ4n) is 1.68. The van der Waals surface area contributed by atoms with Crippen LogP contribution in [-0.2, 0) is 19.1 Å². The van der Waals surface area contributed by atoms with Crippen molar-refractivity contribution in [3.63, 3.8) is 0 Å². The second-order valence-corrected chi connectivity index (χ2v) is 4.27. The molecule has 1 amide bonds. The van der Waals surface area contributed by atoms with Gasteiger partial charge in [0.05, 0.1) is 14.2 Å². The Hall–Kier alpha value is -2.44. The number of methoxy groups -OCH3 is 2. The second kappa shape index (κ2) is 7.37. The molecule has 1 rings (SSSR count). The molecular formula is C14H16FNO5. The van der Waals surface area contributed by atoms with Gasteiger partial charge < -0.3 is 14.4 Å². The number of nitrogens with zero attached hydrogens (tertiary/aromatic N) is 1. The lowest BCUT2D eigenvalue weighted by atomic mass is 10.1. The van der Waals surface area contributed by atoms with Crippen LogP contribution in [0.15, 0.2) is 18.2 Å². The molecule has 0 spiro atoms. The van der Waals surface area contributed by atoms with E-state index in [1.54, 1.807) is 6.92 Å². The summed E-state index contributed by atoms with van der Waals surface area (Å²) in [6.45, 7) is 0.757. The molecule has 0 N–H and O–H groups in total. The molecule has 1 aromatic rings. The summed E-state index contributed by atoms with van der Waals surface area (Å²) in [5.74, 6) is -2.40. The minimum Gasteiger partial charge on any atom is -0.468 e. The van der Waals surface area contributed by atoms with Crippen LogP contribution in [0.4, 0.5) is 4.39 Å². The Morgan fingerprint density at radius 2 is 1.62 bits per heavy atom. The zero-order valence-electron chi connectivity index (χ0n) is 12.0. The van der Waals surface area contributed by atoms with Crippen LogP contribution in [0.3, 0.4) is 0 Å². The van der Waals surface area contributed by atoms with Crippen LogP contribution in [0.1, 0.15) is 15.9 Å². The number of carbonyl (C=O) groups excluding carboxylic acids is 3. The van der Waals surface area contributed by atoms with Crippen LogP contribution in [0.25, 0.3) is 0 Å². The van der Waals surface area contributed by atoms with E-state index in [-0.39, 0.29) is 5.56 Å². The molecule has 0 aliphatic carbocycles. The van der Waals surface area contributed by atoms with Crippen molar-refractivity contribution in [3.8, 4) is 0 Å². The van der Waals surface area contributed by atoms with Crippen molar-refractivity contribution >= 4 is 17.8 Å². The molecule has 0 saturated carbocycles. The van der Waals surface area contributed by atoms with E-state index >= 15 is 0 Å². The van der Waals surface area contributed by atoms with Gasteiger partial charge in [0.2, 0.25) is 0 Å². The summed E-state index contributed by atoms with van der Waals surface area (Å²) in [6, 6.07) is 3.63. The van der Waals surface area contributed by atoms with Crippen LogP contribution in [0.2, 0.25) is 0 Å². The third-order valence-corrected chi connectivity index (χ3v) is 2.80. The average molecular weight is 297 g/mol. The van der Waals surface area contributed by atoms with Crippen molar-refractivity contribution in [3.05, 3.63) is 35.1 Å². The summed E-state index contributed by atoms with van der Waals surface area (Å²) in [6.07, 6.45) is 0. The van der Waals surface area contributed by atoms with E-state index in [1.807, 2.05) is 0 Å². The first-order valence-corrected chi connectivity index (χ1v) is 6.08. The molecule has 0 heterocycles. The Morgan fingerprint density at radius 3 is 2.05 bits per heavy atom. The molecule has 6 nitrogen and oxygen atoms in total. The minimum atomic E-state index is -0.674. The average Bonchev–Trinajstić information content (AvgIpc) is 2.45. The number of benzene rings is 1. The van der Waals surface area contributed by atoms with Crippen LogP contribution >= 0.6 is 0 Å². The monoisotopic (exact) mass is 297 g/mol. The Labute approximate surface area is 121 Å². The van der Waals surface area contributed by atoms with Crippen molar-refractivity contribution in [1.29, 1.82) is 0 Å². The van der Waals surface area contributed by atoms with Crippen molar-refractivity contribution in [1.82, 2.24) is 4.90 Å². The Balaban J connectivity index is 3.02. The van der Waals surface area contributed by atoms with Gasteiger partial charge in [-0.15, -0.1) is 0 Å². The normalized spacial score (nSPS) is 9.90. The molecule has 0 unspecified atom stereocenters. The smallest absolute Gasteiger partial charge is 0.325 e. The van der Waals surface area contributed by atoms with Crippen molar-refractivity contribution < 1.29 is 28.2 Å². The standard InChI is InChI=1S/C14H16FNO5/c1-9-6-10(15)4-5-11(9)14(19)16(7-12(17)20-2)8-13(18)21-3/h4-6H,7-8H2,1-3H3. The van der Waals surface area contributed by atoms with Crippen molar-refractivity contribution in [2.75, 3.05) is 27.3 Å². The summed E-state index contributed by atoms with van der Waals surface area (Å²) in [4.78, 5) is 36.0. The van der Waals surface area contributed by atoms with Gasteiger partial charge in [0.15, 0.2) is 0 Å². The number of halogens is 1. The van der Waals surface area contributed by atoms with Gasteiger partial charge in [-0.1, -0.05) is 0 Å². The van der Waals surface area contributed by atoms with Gasteiger partial charge in [-0.2, -0.15) is 0 Å². The first-order valence-electron chi connectivity index (χ1n) is 6.08. The first-order chi connectivity index (χ1) is 9.88. The SMILES string of the molecule is COC(=O)CN(CC(=O)OC)C(=O)c1ccc(F)cc1C. The number of amides is 1. The number of hydrogen-bond donors (Lipinski definition) is 0. The van der Waals surface area contributed by atoms with Gasteiger partial charge in [0.1, 0.15) is 18.9 Å². The molecule has 0 bridgehead atoms. The predicted octanol–water partition coefficient (Wildman–Crippen LogP) is 0.922. The Bertz CT molecular complexity index is 540. The van der Waals surface area contributed by atoms with Gasteiger partial charge in [-0.3, -0.25) is 14.4 Å². The van der Waals surface area contributed by atoms with E-state index in [0.29, 0.717) is 5.56 Å². The number of ether oxygens (including phenoxy) is 2. The maximum Gasteiger partial charge on any atom is 0.325 e. The van der Waals surface area contributed by atoms with Gasteiger partial charge in [-0.25, -0.2) is 4.39 Å². The van der Waals surface area contributed by atoms with Gasteiger partial charge >= 0.3 is 11.9 Å². The lowest BCUT2D eigenvalue weighted by Gasteiger charge is -2.21. The van der Waals surface area contributed by atoms with E-state index in [0.717, 1.165) is 11.0 Å². The molecule has 0 fully saturated rings. The zero-order valence-corrected chi connectivity index (χ0v) is 12.0. The van der Waals surface area contributed by atoms with Gasteiger partial charge in [0, 0.05) is 5.56 Å². The van der Waals surface area contributed by atoms with Crippen molar-refractivity contribution in [2.24, 2.45) is 0 Å². The van der Waals surface area contributed by atoms with E-state index < -0.39 is 36.8 Å². The summed E-state index contributed by atoms with van der Waals surface area (Å²) in [7, 11) is 2.35. The van der Waals surface area contributed by atoms with Crippen LogP contribution in [-0.4, -0.2) is 50.1 Å². The summed E-state index contributed by atoms with van der Waals surface area (Å²) < 4.78 is 22.0. The summed E-state index contributed by atoms with van der Waals surface area (Å²) in [5, 5.41) is 0.